The lowest BCUT2D eigenvalue weighted by Crippen LogP contribution is -2.12. The number of hydrogen-bond acceptors (Lipinski definition) is 5. The zero-order valence-electron chi connectivity index (χ0n) is 11.0. The molecule has 2 heterocycles. The molecule has 1 N–H and O–H groups in total. The maximum atomic E-state index is 11.2. The molecule has 20 heavy (non-hydrogen) atoms. The molecule has 0 aliphatic heterocycles. The summed E-state index contributed by atoms with van der Waals surface area (Å²) in [5, 5.41) is 8.71. The molecule has 0 aliphatic rings. The molecule has 0 atom stereocenters. The molecule has 0 fully saturated rings. The Morgan fingerprint density at radius 3 is 2.80 bits per heavy atom. The van der Waals surface area contributed by atoms with Crippen LogP contribution in [0.25, 0.3) is 16.2 Å². The minimum atomic E-state index is -0.583. The van der Waals surface area contributed by atoms with E-state index in [1.54, 1.807) is 4.52 Å². The molecule has 7 heteroatoms. The number of anilines is 1. The first-order valence-electron chi connectivity index (χ1n) is 5.93. The summed E-state index contributed by atoms with van der Waals surface area (Å²) in [7, 11) is 1.30. The number of amides is 1. The number of methoxy groups -OCH3 is 1. The van der Waals surface area contributed by atoms with Gasteiger partial charge in [-0.15, -0.1) is 16.4 Å². The van der Waals surface area contributed by atoms with Crippen LogP contribution in [0.5, 0.6) is 0 Å². The first-order chi connectivity index (χ1) is 9.67. The number of aryl methyl sites for hydroxylation is 1. The number of benzene rings is 1. The summed E-state index contributed by atoms with van der Waals surface area (Å²) in [6.07, 6.45) is -0.583. The third-order valence-corrected chi connectivity index (χ3v) is 3.64. The molecule has 0 saturated carbocycles. The Morgan fingerprint density at radius 2 is 2.10 bits per heavy atom. The minimum Gasteiger partial charge on any atom is -0.453 e. The van der Waals surface area contributed by atoms with Crippen molar-refractivity contribution >= 4 is 28.3 Å². The number of nitrogens with one attached hydrogen (secondary N) is 1. The van der Waals surface area contributed by atoms with E-state index in [-0.39, 0.29) is 5.95 Å². The number of carbonyl (C=O) groups is 1. The van der Waals surface area contributed by atoms with Crippen molar-refractivity contribution in [1.29, 1.82) is 0 Å². The zero-order valence-corrected chi connectivity index (χ0v) is 11.8. The number of aromatic nitrogens is 3. The van der Waals surface area contributed by atoms with E-state index in [9.17, 15) is 4.79 Å². The molecule has 3 aromatic rings. The highest BCUT2D eigenvalue weighted by atomic mass is 32.1. The van der Waals surface area contributed by atoms with Crippen molar-refractivity contribution in [2.24, 2.45) is 0 Å². The monoisotopic (exact) mass is 288 g/mol. The van der Waals surface area contributed by atoms with Gasteiger partial charge in [0.15, 0.2) is 0 Å². The van der Waals surface area contributed by atoms with Crippen molar-refractivity contribution in [3.63, 3.8) is 0 Å². The Hall–Kier alpha value is -2.41. The van der Waals surface area contributed by atoms with Gasteiger partial charge < -0.3 is 4.74 Å². The van der Waals surface area contributed by atoms with Crippen LogP contribution in [0, 0.1) is 6.92 Å². The van der Waals surface area contributed by atoms with Gasteiger partial charge in [-0.2, -0.15) is 4.98 Å². The van der Waals surface area contributed by atoms with Gasteiger partial charge in [0.2, 0.25) is 4.96 Å². The van der Waals surface area contributed by atoms with Crippen LogP contribution in [-0.2, 0) is 4.74 Å². The Labute approximate surface area is 119 Å². The Bertz CT molecular complexity index is 760. The van der Waals surface area contributed by atoms with Crippen molar-refractivity contribution in [1.82, 2.24) is 14.6 Å². The van der Waals surface area contributed by atoms with Crippen molar-refractivity contribution in [2.45, 2.75) is 6.92 Å². The van der Waals surface area contributed by atoms with Gasteiger partial charge in [0.1, 0.15) is 0 Å². The first-order valence-corrected chi connectivity index (χ1v) is 6.81. The normalized spacial score (nSPS) is 10.7. The van der Waals surface area contributed by atoms with Crippen LogP contribution in [-0.4, -0.2) is 27.8 Å². The van der Waals surface area contributed by atoms with Crippen LogP contribution in [0.4, 0.5) is 10.7 Å². The number of rotatable bonds is 2. The van der Waals surface area contributed by atoms with Crippen LogP contribution in [0.2, 0.25) is 0 Å². The second-order valence-electron chi connectivity index (χ2n) is 4.23. The van der Waals surface area contributed by atoms with Gasteiger partial charge in [0, 0.05) is 10.9 Å². The number of hydrogen-bond donors (Lipinski definition) is 1. The fourth-order valence-electron chi connectivity index (χ4n) is 1.80. The summed E-state index contributed by atoms with van der Waals surface area (Å²) in [4.78, 5) is 16.1. The highest BCUT2D eigenvalue weighted by molar-refractivity contribution is 7.15. The molecule has 1 aromatic carbocycles. The van der Waals surface area contributed by atoms with E-state index in [0.717, 1.165) is 11.3 Å². The fraction of sp³-hybridized carbons (Fsp3) is 0.154. The topological polar surface area (TPSA) is 68.5 Å². The number of thiazole rings is 1. The second kappa shape index (κ2) is 4.93. The number of ether oxygens (including phenoxy) is 1. The van der Waals surface area contributed by atoms with Gasteiger partial charge in [0.25, 0.3) is 5.95 Å². The lowest BCUT2D eigenvalue weighted by Gasteiger charge is -1.99. The average Bonchev–Trinajstić information content (AvgIpc) is 2.99. The molecule has 1 amide bonds. The van der Waals surface area contributed by atoms with E-state index in [4.69, 9.17) is 0 Å². The average molecular weight is 288 g/mol. The van der Waals surface area contributed by atoms with Crippen LogP contribution in [0.1, 0.15) is 5.56 Å². The third kappa shape index (κ3) is 2.23. The lowest BCUT2D eigenvalue weighted by molar-refractivity contribution is 0.186. The first kappa shape index (κ1) is 12.6. The van der Waals surface area contributed by atoms with Crippen LogP contribution >= 0.6 is 11.3 Å². The number of nitrogens with zero attached hydrogens (tertiary/aromatic N) is 3. The summed E-state index contributed by atoms with van der Waals surface area (Å²) < 4.78 is 6.23. The molecule has 0 radical (unpaired) electrons. The highest BCUT2D eigenvalue weighted by Crippen LogP contribution is 2.26. The predicted octanol–water partition coefficient (Wildman–Crippen LogP) is 2.94. The van der Waals surface area contributed by atoms with Crippen LogP contribution < -0.4 is 5.32 Å². The fourth-order valence-corrected chi connectivity index (χ4v) is 2.63. The SMILES string of the molecule is COC(=O)Nc1nc2scc(-c3ccc(C)cc3)n2n1. The van der Waals surface area contributed by atoms with Crippen molar-refractivity contribution < 1.29 is 9.53 Å². The summed E-state index contributed by atoms with van der Waals surface area (Å²) in [5.74, 6) is 0.233. The van der Waals surface area contributed by atoms with E-state index >= 15 is 0 Å². The standard InChI is InChI=1S/C13H12N4O2S/c1-8-3-5-9(6-4-8)10-7-20-12-14-11(16-17(10)12)15-13(18)19-2/h3-7H,1-2H3,(H,15,16,18). The Kier molecular flexibility index (Phi) is 3.11. The molecule has 6 nitrogen and oxygen atoms in total. The quantitative estimate of drug-likeness (QED) is 0.787. The third-order valence-electron chi connectivity index (χ3n) is 2.83. The van der Waals surface area contributed by atoms with Crippen LogP contribution in [0.15, 0.2) is 29.6 Å². The van der Waals surface area contributed by atoms with E-state index in [2.05, 4.69) is 20.1 Å². The summed E-state index contributed by atoms with van der Waals surface area (Å²) in [6.45, 7) is 2.04. The van der Waals surface area contributed by atoms with Crippen molar-refractivity contribution in [3.8, 4) is 11.3 Å². The summed E-state index contributed by atoms with van der Waals surface area (Å²) in [5.41, 5.74) is 3.19. The lowest BCUT2D eigenvalue weighted by atomic mass is 10.1. The summed E-state index contributed by atoms with van der Waals surface area (Å²) >= 11 is 1.47. The van der Waals surface area contributed by atoms with E-state index in [0.29, 0.717) is 4.96 Å². The van der Waals surface area contributed by atoms with Gasteiger partial charge in [-0.05, 0) is 6.92 Å². The molecular weight excluding hydrogens is 276 g/mol. The van der Waals surface area contributed by atoms with Gasteiger partial charge >= 0.3 is 6.09 Å². The van der Waals surface area contributed by atoms with Gasteiger partial charge in [-0.25, -0.2) is 9.31 Å². The molecule has 102 valence electrons. The van der Waals surface area contributed by atoms with Gasteiger partial charge in [-0.1, -0.05) is 29.8 Å². The maximum Gasteiger partial charge on any atom is 0.413 e. The van der Waals surface area contributed by atoms with E-state index in [1.807, 2.05) is 36.6 Å². The molecule has 0 unspecified atom stereocenters. The van der Waals surface area contributed by atoms with Crippen LogP contribution in [0.3, 0.4) is 0 Å². The molecule has 0 spiro atoms. The predicted molar refractivity (Wildman–Crippen MR) is 77.1 cm³/mol. The molecule has 2 aromatic heterocycles. The minimum absolute atomic E-state index is 0.233. The molecular formula is C13H12N4O2S. The smallest absolute Gasteiger partial charge is 0.413 e. The Morgan fingerprint density at radius 1 is 1.35 bits per heavy atom. The van der Waals surface area contributed by atoms with Crippen molar-refractivity contribution in [3.05, 3.63) is 35.2 Å². The van der Waals surface area contributed by atoms with E-state index in [1.165, 1.54) is 24.0 Å². The highest BCUT2D eigenvalue weighted by Gasteiger charge is 2.13. The Balaban J connectivity index is 2.00. The number of carbonyl (C=O) groups excluding carboxylic acids is 1. The van der Waals surface area contributed by atoms with Crippen molar-refractivity contribution in [2.75, 3.05) is 12.4 Å². The largest absolute Gasteiger partial charge is 0.453 e. The van der Waals surface area contributed by atoms with E-state index < -0.39 is 6.09 Å². The van der Waals surface area contributed by atoms with Gasteiger partial charge in [-0.3, -0.25) is 5.32 Å². The zero-order chi connectivity index (χ0) is 14.1. The molecule has 3 rings (SSSR count). The maximum absolute atomic E-state index is 11.2. The molecule has 0 saturated heterocycles. The molecule has 0 aliphatic carbocycles. The van der Waals surface area contributed by atoms with Gasteiger partial charge in [0.05, 0.1) is 12.8 Å². The second-order valence-corrected chi connectivity index (χ2v) is 5.07. The summed E-state index contributed by atoms with van der Waals surface area (Å²) in [6, 6.07) is 8.16. The number of fused-ring (bicyclic) bond motifs is 1. The molecule has 0 bridgehead atoms.